The Morgan fingerprint density at radius 2 is 2.14 bits per heavy atom. The van der Waals surface area contributed by atoms with Gasteiger partial charge in [0.1, 0.15) is 0 Å². The predicted octanol–water partition coefficient (Wildman–Crippen LogP) is -0.343. The van der Waals surface area contributed by atoms with E-state index >= 15 is 0 Å². The second kappa shape index (κ2) is 7.69. The highest BCUT2D eigenvalue weighted by Crippen LogP contribution is 2.13. The molecule has 0 radical (unpaired) electrons. The van der Waals surface area contributed by atoms with Crippen molar-refractivity contribution in [3.8, 4) is 6.07 Å². The summed E-state index contributed by atoms with van der Waals surface area (Å²) in [6, 6.07) is 2.00. The van der Waals surface area contributed by atoms with Crippen molar-refractivity contribution in [2.45, 2.75) is 11.4 Å². The highest BCUT2D eigenvalue weighted by atomic mass is 32.2. The van der Waals surface area contributed by atoms with Crippen molar-refractivity contribution in [1.82, 2.24) is 18.8 Å². The molecule has 1 saturated heterocycles. The summed E-state index contributed by atoms with van der Waals surface area (Å²) >= 11 is 0. The molecule has 122 valence electrons. The third-order valence-corrected chi connectivity index (χ3v) is 5.31. The maximum absolute atomic E-state index is 12.6. The molecule has 0 atom stereocenters. The lowest BCUT2D eigenvalue weighted by Crippen LogP contribution is -2.43. The number of aryl methyl sites for hydroxylation is 1. The number of nitrogens with zero attached hydrogens (tertiary/aromatic N) is 5. The van der Waals surface area contributed by atoms with Gasteiger partial charge in [0.2, 0.25) is 0 Å². The summed E-state index contributed by atoms with van der Waals surface area (Å²) in [5.41, 5.74) is 0. The van der Waals surface area contributed by atoms with Crippen LogP contribution in [0, 0.1) is 11.3 Å². The van der Waals surface area contributed by atoms with Crippen LogP contribution in [0.3, 0.4) is 0 Å². The van der Waals surface area contributed by atoms with E-state index in [1.54, 1.807) is 11.6 Å². The normalized spacial score (nSPS) is 16.8. The number of nitriles is 1. The summed E-state index contributed by atoms with van der Waals surface area (Å²) in [6.07, 6.45) is 3.09. The van der Waals surface area contributed by atoms with Gasteiger partial charge >= 0.3 is 0 Å². The van der Waals surface area contributed by atoms with E-state index in [4.69, 9.17) is 10.00 Å². The standard InChI is InChI=1S/C13H21N5O3S/c1-16-11-13(15-12-16)22(19,20)18(4-2-3-14)6-5-17-7-9-21-10-8-17/h11-12H,2,4-10H2,1H3. The lowest BCUT2D eigenvalue weighted by molar-refractivity contribution is 0.0363. The zero-order chi connectivity index (χ0) is 16.0. The van der Waals surface area contributed by atoms with Gasteiger partial charge in [-0.3, -0.25) is 4.90 Å². The molecular formula is C13H21N5O3S. The number of sulfonamides is 1. The van der Waals surface area contributed by atoms with Crippen molar-refractivity contribution in [2.24, 2.45) is 7.05 Å². The van der Waals surface area contributed by atoms with E-state index in [0.29, 0.717) is 26.3 Å². The van der Waals surface area contributed by atoms with Gasteiger partial charge in [-0.1, -0.05) is 0 Å². The zero-order valence-electron chi connectivity index (χ0n) is 12.7. The van der Waals surface area contributed by atoms with Crippen molar-refractivity contribution < 1.29 is 13.2 Å². The van der Waals surface area contributed by atoms with E-state index in [1.807, 2.05) is 6.07 Å². The van der Waals surface area contributed by atoms with Gasteiger partial charge in [0.25, 0.3) is 10.0 Å². The Balaban J connectivity index is 2.05. The van der Waals surface area contributed by atoms with Crippen molar-refractivity contribution in [3.63, 3.8) is 0 Å². The van der Waals surface area contributed by atoms with Gasteiger partial charge in [0, 0.05) is 52.4 Å². The summed E-state index contributed by atoms with van der Waals surface area (Å²) < 4.78 is 33.5. The Labute approximate surface area is 131 Å². The molecule has 0 aromatic carbocycles. The fraction of sp³-hybridized carbons (Fsp3) is 0.692. The quantitative estimate of drug-likeness (QED) is 0.680. The molecule has 1 aliphatic heterocycles. The molecule has 0 aliphatic carbocycles. The Kier molecular flexibility index (Phi) is 5.90. The topological polar surface area (TPSA) is 91.5 Å². The molecule has 8 nitrogen and oxygen atoms in total. The van der Waals surface area contributed by atoms with Crippen LogP contribution < -0.4 is 0 Å². The first-order valence-corrected chi connectivity index (χ1v) is 8.63. The summed E-state index contributed by atoms with van der Waals surface area (Å²) in [4.78, 5) is 6.09. The Morgan fingerprint density at radius 1 is 1.41 bits per heavy atom. The van der Waals surface area contributed by atoms with E-state index in [9.17, 15) is 8.42 Å². The first-order valence-electron chi connectivity index (χ1n) is 7.19. The van der Waals surface area contributed by atoms with Crippen LogP contribution in [0.5, 0.6) is 0 Å². The van der Waals surface area contributed by atoms with Gasteiger partial charge < -0.3 is 9.30 Å². The lowest BCUT2D eigenvalue weighted by Gasteiger charge is -2.29. The predicted molar refractivity (Wildman–Crippen MR) is 79.5 cm³/mol. The van der Waals surface area contributed by atoms with E-state index in [0.717, 1.165) is 13.1 Å². The minimum absolute atomic E-state index is 0.0231. The molecule has 0 saturated carbocycles. The first kappa shape index (κ1) is 16.9. The monoisotopic (exact) mass is 327 g/mol. The van der Waals surface area contributed by atoms with Crippen LogP contribution in [0.25, 0.3) is 0 Å². The summed E-state index contributed by atoms with van der Waals surface area (Å²) in [5, 5.41) is 8.78. The molecule has 22 heavy (non-hydrogen) atoms. The fourth-order valence-electron chi connectivity index (χ4n) is 2.26. The number of hydrogen-bond donors (Lipinski definition) is 0. The molecule has 0 unspecified atom stereocenters. The minimum Gasteiger partial charge on any atom is -0.379 e. The third kappa shape index (κ3) is 4.27. The van der Waals surface area contributed by atoms with E-state index in [1.165, 1.54) is 16.8 Å². The minimum atomic E-state index is -3.66. The van der Waals surface area contributed by atoms with Crippen molar-refractivity contribution in [3.05, 3.63) is 12.5 Å². The average Bonchev–Trinajstić information content (AvgIpc) is 2.95. The van der Waals surface area contributed by atoms with Crippen LogP contribution in [0.1, 0.15) is 6.42 Å². The largest absolute Gasteiger partial charge is 0.379 e. The van der Waals surface area contributed by atoms with Gasteiger partial charge in [0.05, 0.1) is 25.6 Å². The number of rotatable bonds is 7. The number of morpholine rings is 1. The smallest absolute Gasteiger partial charge is 0.262 e. The van der Waals surface area contributed by atoms with Gasteiger partial charge in [-0.05, 0) is 0 Å². The highest BCUT2D eigenvalue weighted by molar-refractivity contribution is 7.89. The third-order valence-electron chi connectivity index (χ3n) is 3.53. The van der Waals surface area contributed by atoms with E-state index < -0.39 is 10.0 Å². The van der Waals surface area contributed by atoms with Crippen LogP contribution in [-0.2, 0) is 21.8 Å². The van der Waals surface area contributed by atoms with Gasteiger partial charge in [-0.15, -0.1) is 0 Å². The summed E-state index contributed by atoms with van der Waals surface area (Å²) in [7, 11) is -1.94. The zero-order valence-corrected chi connectivity index (χ0v) is 13.5. The van der Waals surface area contributed by atoms with Gasteiger partial charge in [-0.25, -0.2) is 13.4 Å². The van der Waals surface area contributed by atoms with Crippen molar-refractivity contribution in [2.75, 3.05) is 45.9 Å². The van der Waals surface area contributed by atoms with Gasteiger partial charge in [0.15, 0.2) is 5.03 Å². The van der Waals surface area contributed by atoms with E-state index in [-0.39, 0.29) is 18.0 Å². The van der Waals surface area contributed by atoms with Gasteiger partial charge in [-0.2, -0.15) is 9.57 Å². The molecule has 1 aromatic rings. The molecule has 1 fully saturated rings. The lowest BCUT2D eigenvalue weighted by atomic mass is 10.4. The molecule has 1 aliphatic rings. The van der Waals surface area contributed by atoms with Crippen LogP contribution in [0.15, 0.2) is 17.6 Å². The Morgan fingerprint density at radius 3 is 2.73 bits per heavy atom. The molecule has 2 rings (SSSR count). The maximum Gasteiger partial charge on any atom is 0.262 e. The summed E-state index contributed by atoms with van der Waals surface area (Å²) in [6.45, 7) is 4.10. The Hall–Kier alpha value is -1.47. The number of ether oxygens (including phenoxy) is 1. The number of imidazole rings is 1. The molecule has 1 aromatic heterocycles. The second-order valence-electron chi connectivity index (χ2n) is 5.14. The highest BCUT2D eigenvalue weighted by Gasteiger charge is 2.27. The average molecular weight is 327 g/mol. The van der Waals surface area contributed by atoms with Crippen LogP contribution in [0.4, 0.5) is 0 Å². The molecule has 0 amide bonds. The summed E-state index contributed by atoms with van der Waals surface area (Å²) in [5.74, 6) is 0. The first-order chi connectivity index (χ1) is 10.5. The Bertz CT molecular complexity index is 616. The molecule has 2 heterocycles. The van der Waals surface area contributed by atoms with Crippen LogP contribution >= 0.6 is 0 Å². The molecule has 0 bridgehead atoms. The fourth-order valence-corrected chi connectivity index (χ4v) is 3.66. The molecule has 9 heteroatoms. The second-order valence-corrected chi connectivity index (χ2v) is 7.03. The van der Waals surface area contributed by atoms with E-state index in [2.05, 4.69) is 9.88 Å². The number of hydrogen-bond acceptors (Lipinski definition) is 6. The van der Waals surface area contributed by atoms with Crippen molar-refractivity contribution >= 4 is 10.0 Å². The van der Waals surface area contributed by atoms with Crippen LogP contribution in [-0.4, -0.2) is 73.1 Å². The SMILES string of the molecule is Cn1cnc(S(=O)(=O)N(CCC#N)CCN2CCOCC2)c1. The van der Waals surface area contributed by atoms with Crippen LogP contribution in [0.2, 0.25) is 0 Å². The molecule has 0 spiro atoms. The molecule has 0 N–H and O–H groups in total. The van der Waals surface area contributed by atoms with Crippen molar-refractivity contribution in [1.29, 1.82) is 5.26 Å². The maximum atomic E-state index is 12.6. The molecular weight excluding hydrogens is 306 g/mol. The number of aromatic nitrogens is 2.